The van der Waals surface area contributed by atoms with Crippen LogP contribution in [0.5, 0.6) is 0 Å². The zero-order valence-corrected chi connectivity index (χ0v) is 12.6. The number of aromatic nitrogens is 3. The Balaban J connectivity index is 1.61. The van der Waals surface area contributed by atoms with Gasteiger partial charge in [-0.1, -0.05) is 11.8 Å². The summed E-state index contributed by atoms with van der Waals surface area (Å²) in [7, 11) is 0. The highest BCUT2D eigenvalue weighted by molar-refractivity contribution is 7.10. The molecule has 6 heteroatoms. The van der Waals surface area contributed by atoms with Crippen molar-refractivity contribution < 1.29 is 5.11 Å². The molecule has 21 heavy (non-hydrogen) atoms. The van der Waals surface area contributed by atoms with Crippen LogP contribution in [0, 0.1) is 11.8 Å². The molecule has 0 saturated carbocycles. The van der Waals surface area contributed by atoms with Gasteiger partial charge in [-0.05, 0) is 25.5 Å². The average molecular weight is 302 g/mol. The molecule has 0 radical (unpaired) electrons. The number of nitrogens with one attached hydrogen (secondary N) is 1. The van der Waals surface area contributed by atoms with Crippen molar-refractivity contribution in [3.63, 3.8) is 0 Å². The summed E-state index contributed by atoms with van der Waals surface area (Å²) in [6.45, 7) is 3.01. The SMILES string of the molecule is OCC#Cc1csc(CN2CCCC(c3ncn[nH]3)C2)c1. The molecule has 1 fully saturated rings. The zero-order chi connectivity index (χ0) is 14.5. The van der Waals surface area contributed by atoms with E-state index < -0.39 is 0 Å². The van der Waals surface area contributed by atoms with E-state index in [0.717, 1.165) is 31.0 Å². The van der Waals surface area contributed by atoms with Gasteiger partial charge in [-0.25, -0.2) is 4.98 Å². The Morgan fingerprint density at radius 1 is 1.52 bits per heavy atom. The smallest absolute Gasteiger partial charge is 0.137 e. The summed E-state index contributed by atoms with van der Waals surface area (Å²) in [5, 5.41) is 17.7. The quantitative estimate of drug-likeness (QED) is 0.845. The number of hydrogen-bond acceptors (Lipinski definition) is 5. The van der Waals surface area contributed by atoms with Crippen molar-refractivity contribution in [3.05, 3.63) is 34.0 Å². The molecule has 0 spiro atoms. The van der Waals surface area contributed by atoms with Crippen LogP contribution in [0.1, 0.15) is 35.0 Å². The first-order valence-electron chi connectivity index (χ1n) is 7.10. The maximum atomic E-state index is 8.72. The van der Waals surface area contributed by atoms with Gasteiger partial charge in [-0.2, -0.15) is 5.10 Å². The molecule has 1 saturated heterocycles. The average Bonchev–Trinajstić information content (AvgIpc) is 3.17. The van der Waals surface area contributed by atoms with Crippen molar-refractivity contribution in [3.8, 4) is 11.8 Å². The van der Waals surface area contributed by atoms with Crippen LogP contribution in [0.2, 0.25) is 0 Å². The highest BCUT2D eigenvalue weighted by Gasteiger charge is 2.23. The number of H-pyrrole nitrogens is 1. The lowest BCUT2D eigenvalue weighted by molar-refractivity contribution is 0.198. The number of aliphatic hydroxyl groups excluding tert-OH is 1. The minimum atomic E-state index is -0.0871. The number of likely N-dealkylation sites (tertiary alicyclic amines) is 1. The normalized spacial score (nSPS) is 19.2. The summed E-state index contributed by atoms with van der Waals surface area (Å²) in [6, 6.07) is 2.12. The van der Waals surface area contributed by atoms with Crippen molar-refractivity contribution in [1.29, 1.82) is 0 Å². The Labute approximate surface area is 128 Å². The molecule has 2 aromatic rings. The van der Waals surface area contributed by atoms with Gasteiger partial charge in [-0.3, -0.25) is 10.00 Å². The number of aliphatic hydroxyl groups is 1. The van der Waals surface area contributed by atoms with Crippen molar-refractivity contribution in [2.24, 2.45) is 0 Å². The van der Waals surface area contributed by atoms with Gasteiger partial charge in [0.2, 0.25) is 0 Å². The maximum absolute atomic E-state index is 8.72. The number of hydrogen-bond donors (Lipinski definition) is 2. The third kappa shape index (κ3) is 3.70. The van der Waals surface area contributed by atoms with Gasteiger partial charge < -0.3 is 5.11 Å². The maximum Gasteiger partial charge on any atom is 0.137 e. The third-order valence-corrected chi connectivity index (χ3v) is 4.59. The van der Waals surface area contributed by atoms with Crippen molar-refractivity contribution in [2.45, 2.75) is 25.3 Å². The largest absolute Gasteiger partial charge is 0.384 e. The molecule has 0 aliphatic carbocycles. The minimum absolute atomic E-state index is 0.0871. The molecule has 0 aromatic carbocycles. The lowest BCUT2D eigenvalue weighted by Gasteiger charge is -2.31. The van der Waals surface area contributed by atoms with Gasteiger partial charge in [0.05, 0.1) is 0 Å². The third-order valence-electron chi connectivity index (χ3n) is 3.67. The van der Waals surface area contributed by atoms with Crippen LogP contribution in [0.4, 0.5) is 0 Å². The van der Waals surface area contributed by atoms with Gasteiger partial charge in [-0.15, -0.1) is 11.3 Å². The van der Waals surface area contributed by atoms with Crippen molar-refractivity contribution >= 4 is 11.3 Å². The van der Waals surface area contributed by atoms with E-state index in [1.54, 1.807) is 17.7 Å². The van der Waals surface area contributed by atoms with E-state index in [1.807, 2.05) is 0 Å². The van der Waals surface area contributed by atoms with Gasteiger partial charge >= 0.3 is 0 Å². The monoisotopic (exact) mass is 302 g/mol. The predicted molar refractivity (Wildman–Crippen MR) is 81.9 cm³/mol. The molecule has 1 aliphatic rings. The zero-order valence-electron chi connectivity index (χ0n) is 11.7. The lowest BCUT2D eigenvalue weighted by Crippen LogP contribution is -2.34. The second-order valence-corrected chi connectivity index (χ2v) is 6.20. The van der Waals surface area contributed by atoms with E-state index in [-0.39, 0.29) is 6.61 Å². The van der Waals surface area contributed by atoms with Crippen LogP contribution < -0.4 is 0 Å². The highest BCUT2D eigenvalue weighted by Crippen LogP contribution is 2.26. The van der Waals surface area contributed by atoms with E-state index in [2.05, 4.69) is 43.4 Å². The van der Waals surface area contributed by atoms with Crippen LogP contribution in [0.25, 0.3) is 0 Å². The van der Waals surface area contributed by atoms with E-state index in [9.17, 15) is 0 Å². The summed E-state index contributed by atoms with van der Waals surface area (Å²) in [4.78, 5) is 8.07. The summed E-state index contributed by atoms with van der Waals surface area (Å²) in [5.74, 6) is 7.09. The van der Waals surface area contributed by atoms with E-state index in [4.69, 9.17) is 5.11 Å². The number of aromatic amines is 1. The van der Waals surface area contributed by atoms with Crippen LogP contribution >= 0.6 is 11.3 Å². The van der Waals surface area contributed by atoms with Gasteiger partial charge in [0, 0.05) is 34.8 Å². The Kier molecular flexibility index (Phi) is 4.65. The fourth-order valence-corrected chi connectivity index (χ4v) is 3.58. The predicted octanol–water partition coefficient (Wildman–Crippen LogP) is 1.59. The van der Waals surface area contributed by atoms with Crippen LogP contribution in [0.15, 0.2) is 17.8 Å². The van der Waals surface area contributed by atoms with E-state index in [1.165, 1.54) is 17.7 Å². The molecule has 1 unspecified atom stereocenters. The van der Waals surface area contributed by atoms with Crippen molar-refractivity contribution in [2.75, 3.05) is 19.7 Å². The molecule has 1 atom stereocenters. The second kappa shape index (κ2) is 6.85. The molecule has 1 aliphatic heterocycles. The molecule has 5 nitrogen and oxygen atoms in total. The molecular weight excluding hydrogens is 284 g/mol. The van der Waals surface area contributed by atoms with E-state index in [0.29, 0.717) is 5.92 Å². The Hall–Kier alpha value is -1.68. The van der Waals surface area contributed by atoms with Crippen LogP contribution in [0.3, 0.4) is 0 Å². The van der Waals surface area contributed by atoms with Gasteiger partial charge in [0.1, 0.15) is 18.8 Å². The first kappa shape index (κ1) is 14.3. The van der Waals surface area contributed by atoms with Crippen molar-refractivity contribution in [1.82, 2.24) is 20.1 Å². The van der Waals surface area contributed by atoms with Gasteiger partial charge in [0.15, 0.2) is 0 Å². The van der Waals surface area contributed by atoms with Gasteiger partial charge in [0.25, 0.3) is 0 Å². The first-order chi connectivity index (χ1) is 10.3. The molecule has 0 bridgehead atoms. The molecule has 110 valence electrons. The second-order valence-electron chi connectivity index (χ2n) is 5.21. The number of nitrogens with zero attached hydrogens (tertiary/aromatic N) is 3. The Bertz CT molecular complexity index is 626. The number of piperidine rings is 1. The number of thiophene rings is 1. The fourth-order valence-electron chi connectivity index (χ4n) is 2.73. The van der Waals surface area contributed by atoms with Crippen LogP contribution in [-0.4, -0.2) is 44.9 Å². The standard InChI is InChI=1S/C15H18N4OS/c20-6-2-3-12-7-14(21-10-12)9-19-5-1-4-13(8-19)15-16-11-17-18-15/h7,10-11,13,20H,1,4-6,8-9H2,(H,16,17,18). The summed E-state index contributed by atoms with van der Waals surface area (Å²) < 4.78 is 0. The number of rotatable bonds is 3. The fraction of sp³-hybridized carbons (Fsp3) is 0.467. The Morgan fingerprint density at radius 3 is 3.29 bits per heavy atom. The first-order valence-corrected chi connectivity index (χ1v) is 7.98. The summed E-state index contributed by atoms with van der Waals surface area (Å²) >= 11 is 1.73. The molecule has 3 rings (SSSR count). The van der Waals surface area contributed by atoms with E-state index >= 15 is 0 Å². The Morgan fingerprint density at radius 2 is 2.48 bits per heavy atom. The summed E-state index contributed by atoms with van der Waals surface area (Å²) in [6.07, 6.45) is 3.94. The topological polar surface area (TPSA) is 65.0 Å². The lowest BCUT2D eigenvalue weighted by atomic mass is 9.97. The molecule has 0 amide bonds. The molecule has 3 heterocycles. The minimum Gasteiger partial charge on any atom is -0.384 e. The molecule has 2 aromatic heterocycles. The summed E-state index contributed by atoms with van der Waals surface area (Å²) in [5.41, 5.74) is 0.993. The molecular formula is C15H18N4OS. The highest BCUT2D eigenvalue weighted by atomic mass is 32.1. The molecule has 2 N–H and O–H groups in total. The van der Waals surface area contributed by atoms with Crippen LogP contribution in [-0.2, 0) is 6.54 Å².